The zero-order chi connectivity index (χ0) is 19.1. The first-order valence-corrected chi connectivity index (χ1v) is 9.28. The highest BCUT2D eigenvalue weighted by atomic mass is 127. The molecule has 7 nitrogen and oxygen atoms in total. The van der Waals surface area contributed by atoms with Crippen LogP contribution in [-0.2, 0) is 22.6 Å². The van der Waals surface area contributed by atoms with E-state index < -0.39 is 0 Å². The molecular weight excluding hydrogens is 469 g/mol. The van der Waals surface area contributed by atoms with Gasteiger partial charge in [0.1, 0.15) is 5.82 Å². The summed E-state index contributed by atoms with van der Waals surface area (Å²) in [7, 11) is 3.23. The van der Waals surface area contributed by atoms with Crippen LogP contribution in [0, 0.1) is 5.92 Å². The maximum Gasteiger partial charge on any atom is 0.308 e. The lowest BCUT2D eigenvalue weighted by atomic mass is 9.97. The van der Waals surface area contributed by atoms with Crippen LogP contribution in [0.4, 0.5) is 0 Å². The highest BCUT2D eigenvalue weighted by molar-refractivity contribution is 14.0. The molecule has 0 atom stereocenters. The Morgan fingerprint density at radius 3 is 2.64 bits per heavy atom. The number of imidazole rings is 1. The molecule has 0 bridgehead atoms. The van der Waals surface area contributed by atoms with E-state index in [1.54, 1.807) is 7.05 Å². The Hall–Kier alpha value is -2.10. The molecular formula is C20H28IN5O2. The third kappa shape index (κ3) is 5.70. The Kier molecular flexibility index (Phi) is 8.75. The van der Waals surface area contributed by atoms with E-state index in [4.69, 9.17) is 4.74 Å². The van der Waals surface area contributed by atoms with Gasteiger partial charge in [0.15, 0.2) is 5.96 Å². The van der Waals surface area contributed by atoms with Gasteiger partial charge in [-0.25, -0.2) is 4.98 Å². The van der Waals surface area contributed by atoms with Crippen LogP contribution in [0.15, 0.2) is 47.7 Å². The molecule has 28 heavy (non-hydrogen) atoms. The second-order valence-electron chi connectivity index (χ2n) is 6.64. The van der Waals surface area contributed by atoms with Gasteiger partial charge < -0.3 is 19.5 Å². The fraction of sp³-hybridized carbons (Fsp3) is 0.450. The second kappa shape index (κ2) is 11.0. The van der Waals surface area contributed by atoms with E-state index in [2.05, 4.69) is 36.9 Å². The van der Waals surface area contributed by atoms with Gasteiger partial charge in [0.25, 0.3) is 0 Å². The third-order valence-corrected chi connectivity index (χ3v) is 4.94. The summed E-state index contributed by atoms with van der Waals surface area (Å²) >= 11 is 0. The predicted molar refractivity (Wildman–Crippen MR) is 120 cm³/mol. The van der Waals surface area contributed by atoms with Gasteiger partial charge in [-0.15, -0.1) is 24.0 Å². The van der Waals surface area contributed by atoms with Crippen LogP contribution in [-0.4, -0.2) is 53.6 Å². The van der Waals surface area contributed by atoms with Crippen molar-refractivity contribution in [2.75, 3.05) is 27.2 Å². The molecule has 3 rings (SSSR count). The molecule has 0 aliphatic carbocycles. The number of ether oxygens (including phenoxy) is 1. The maximum absolute atomic E-state index is 11.7. The molecule has 2 aromatic rings. The SMILES string of the molecule is CN=C(NCc1nccn1Cc1ccccc1)N1CCC(C(=O)OC)CC1.I. The predicted octanol–water partition coefficient (Wildman–Crippen LogP) is 2.51. The van der Waals surface area contributed by atoms with Gasteiger partial charge in [-0.2, -0.15) is 0 Å². The van der Waals surface area contributed by atoms with Gasteiger partial charge in [0.2, 0.25) is 0 Å². The first-order valence-electron chi connectivity index (χ1n) is 9.28. The minimum Gasteiger partial charge on any atom is -0.469 e. The van der Waals surface area contributed by atoms with Crippen molar-refractivity contribution in [2.45, 2.75) is 25.9 Å². The summed E-state index contributed by atoms with van der Waals surface area (Å²) in [6, 6.07) is 10.3. The largest absolute Gasteiger partial charge is 0.469 e. The Morgan fingerprint density at radius 2 is 2.00 bits per heavy atom. The van der Waals surface area contributed by atoms with Crippen LogP contribution in [0.5, 0.6) is 0 Å². The summed E-state index contributed by atoms with van der Waals surface area (Å²) in [6.07, 6.45) is 5.39. The number of aromatic nitrogens is 2. The van der Waals surface area contributed by atoms with Crippen LogP contribution < -0.4 is 5.32 Å². The molecule has 0 amide bonds. The smallest absolute Gasteiger partial charge is 0.308 e. The highest BCUT2D eigenvalue weighted by Gasteiger charge is 2.27. The number of hydrogen-bond donors (Lipinski definition) is 1. The normalized spacial score (nSPS) is 15.1. The van der Waals surface area contributed by atoms with Crippen molar-refractivity contribution in [1.29, 1.82) is 0 Å². The molecule has 1 fully saturated rings. The average molecular weight is 497 g/mol. The van der Waals surface area contributed by atoms with E-state index >= 15 is 0 Å². The van der Waals surface area contributed by atoms with E-state index in [1.807, 2.05) is 30.6 Å². The molecule has 0 radical (unpaired) electrons. The fourth-order valence-electron chi connectivity index (χ4n) is 3.42. The lowest BCUT2D eigenvalue weighted by Gasteiger charge is -2.33. The van der Waals surface area contributed by atoms with Crippen molar-refractivity contribution in [3.63, 3.8) is 0 Å². The van der Waals surface area contributed by atoms with Crippen molar-refractivity contribution < 1.29 is 9.53 Å². The van der Waals surface area contributed by atoms with E-state index in [0.29, 0.717) is 6.54 Å². The molecule has 1 aromatic carbocycles. The number of aliphatic imine (C=N–C) groups is 1. The molecule has 1 aliphatic heterocycles. The first kappa shape index (κ1) is 22.2. The fourth-order valence-corrected chi connectivity index (χ4v) is 3.42. The number of likely N-dealkylation sites (tertiary alicyclic amines) is 1. The Labute approximate surface area is 183 Å². The zero-order valence-corrected chi connectivity index (χ0v) is 18.7. The Morgan fingerprint density at radius 1 is 1.29 bits per heavy atom. The molecule has 0 unspecified atom stereocenters. The Bertz CT molecular complexity index is 770. The van der Waals surface area contributed by atoms with Gasteiger partial charge in [-0.3, -0.25) is 9.79 Å². The number of nitrogens with one attached hydrogen (secondary N) is 1. The number of guanidine groups is 1. The maximum atomic E-state index is 11.7. The summed E-state index contributed by atoms with van der Waals surface area (Å²) < 4.78 is 6.99. The zero-order valence-electron chi connectivity index (χ0n) is 16.4. The summed E-state index contributed by atoms with van der Waals surface area (Å²) in [5.74, 6) is 1.69. The minimum atomic E-state index is -0.111. The van der Waals surface area contributed by atoms with E-state index in [-0.39, 0.29) is 35.9 Å². The average Bonchev–Trinajstić information content (AvgIpc) is 3.16. The molecule has 152 valence electrons. The third-order valence-electron chi connectivity index (χ3n) is 4.94. The number of hydrogen-bond acceptors (Lipinski definition) is 4. The molecule has 0 saturated carbocycles. The summed E-state index contributed by atoms with van der Waals surface area (Å²) in [5, 5.41) is 3.40. The van der Waals surface area contributed by atoms with Crippen molar-refractivity contribution in [3.05, 3.63) is 54.1 Å². The molecule has 2 heterocycles. The summed E-state index contributed by atoms with van der Waals surface area (Å²) in [4.78, 5) is 22.7. The van der Waals surface area contributed by atoms with Crippen LogP contribution in [0.1, 0.15) is 24.2 Å². The summed E-state index contributed by atoms with van der Waals surface area (Å²) in [5.41, 5.74) is 1.24. The number of carbonyl (C=O) groups is 1. The first-order chi connectivity index (χ1) is 13.2. The molecule has 0 spiro atoms. The van der Waals surface area contributed by atoms with Crippen LogP contribution in [0.2, 0.25) is 0 Å². The van der Waals surface area contributed by atoms with Gasteiger partial charge in [-0.1, -0.05) is 30.3 Å². The molecule has 1 aromatic heterocycles. The quantitative estimate of drug-likeness (QED) is 0.298. The van der Waals surface area contributed by atoms with Gasteiger partial charge in [0.05, 0.1) is 19.6 Å². The molecule has 1 aliphatic rings. The van der Waals surface area contributed by atoms with Crippen LogP contribution in [0.3, 0.4) is 0 Å². The van der Waals surface area contributed by atoms with E-state index in [0.717, 1.165) is 44.3 Å². The number of esters is 1. The van der Waals surface area contributed by atoms with E-state index in [1.165, 1.54) is 12.7 Å². The minimum absolute atomic E-state index is 0. The number of nitrogens with zero attached hydrogens (tertiary/aromatic N) is 4. The van der Waals surface area contributed by atoms with Gasteiger partial charge in [0, 0.05) is 39.1 Å². The molecule has 8 heteroatoms. The van der Waals surface area contributed by atoms with Crippen molar-refractivity contribution in [1.82, 2.24) is 19.8 Å². The van der Waals surface area contributed by atoms with Crippen LogP contribution >= 0.6 is 24.0 Å². The molecule has 1 N–H and O–H groups in total. The van der Waals surface area contributed by atoms with Crippen LogP contribution in [0.25, 0.3) is 0 Å². The Balaban J connectivity index is 0.00000280. The number of methoxy groups -OCH3 is 1. The summed E-state index contributed by atoms with van der Waals surface area (Å²) in [6.45, 7) is 2.97. The van der Waals surface area contributed by atoms with Gasteiger partial charge >= 0.3 is 5.97 Å². The number of piperidine rings is 1. The lowest BCUT2D eigenvalue weighted by Crippen LogP contribution is -2.46. The number of halogens is 1. The lowest BCUT2D eigenvalue weighted by molar-refractivity contribution is -0.146. The number of benzene rings is 1. The van der Waals surface area contributed by atoms with Crippen molar-refractivity contribution >= 4 is 35.9 Å². The van der Waals surface area contributed by atoms with Crippen molar-refractivity contribution in [3.8, 4) is 0 Å². The second-order valence-corrected chi connectivity index (χ2v) is 6.64. The number of rotatable bonds is 5. The monoisotopic (exact) mass is 497 g/mol. The number of carbonyl (C=O) groups excluding carboxylic acids is 1. The molecule has 1 saturated heterocycles. The topological polar surface area (TPSA) is 71.8 Å². The van der Waals surface area contributed by atoms with Gasteiger partial charge in [-0.05, 0) is 18.4 Å². The standard InChI is InChI=1S/C20H27N5O2.HI/c1-21-20(24-11-8-17(9-12-24)19(26)27-2)23-14-18-22-10-13-25(18)15-16-6-4-3-5-7-16;/h3-7,10,13,17H,8-9,11-12,14-15H2,1-2H3,(H,21,23);1H. The van der Waals surface area contributed by atoms with Crippen molar-refractivity contribution in [2.24, 2.45) is 10.9 Å². The highest BCUT2D eigenvalue weighted by Crippen LogP contribution is 2.18. The van der Waals surface area contributed by atoms with E-state index in [9.17, 15) is 4.79 Å².